The fraction of sp³-hybridized carbons (Fsp3) is 0.182. The molecule has 0 aliphatic rings. The predicted octanol–water partition coefficient (Wildman–Crippen LogP) is 4.12. The molecule has 31 heavy (non-hydrogen) atoms. The molecule has 0 unspecified atom stereocenters. The van der Waals surface area contributed by atoms with Gasteiger partial charge in [-0.2, -0.15) is 0 Å². The number of amides is 1. The summed E-state index contributed by atoms with van der Waals surface area (Å²) in [5.74, 6) is -0.528. The Hall–Kier alpha value is -3.10. The summed E-state index contributed by atoms with van der Waals surface area (Å²) in [5.41, 5.74) is 9.47. The highest BCUT2D eigenvalue weighted by molar-refractivity contribution is 7.98. The zero-order valence-electron chi connectivity index (χ0n) is 17.1. The Morgan fingerprint density at radius 2 is 1.77 bits per heavy atom. The summed E-state index contributed by atoms with van der Waals surface area (Å²) in [6.45, 7) is 3.37. The summed E-state index contributed by atoms with van der Waals surface area (Å²) in [5, 5.41) is 9.92. The minimum atomic E-state index is -1.09. The lowest BCUT2D eigenvalue weighted by molar-refractivity contribution is -0.135. The van der Waals surface area contributed by atoms with Gasteiger partial charge in [-0.1, -0.05) is 6.07 Å². The fourth-order valence-corrected chi connectivity index (χ4v) is 4.00. The summed E-state index contributed by atoms with van der Waals surface area (Å²) >= 11 is 1.39. The molecule has 0 radical (unpaired) electrons. The van der Waals surface area contributed by atoms with E-state index < -0.39 is 18.4 Å². The Balaban J connectivity index is 0.00000341. The number of carboxylic acids is 1. The van der Waals surface area contributed by atoms with Gasteiger partial charge in [0.2, 0.25) is 0 Å². The van der Waals surface area contributed by atoms with E-state index in [-0.39, 0.29) is 12.4 Å². The van der Waals surface area contributed by atoms with Gasteiger partial charge in [-0.15, -0.1) is 24.2 Å². The molecule has 1 amide bonds. The van der Waals surface area contributed by atoms with Crippen LogP contribution >= 0.6 is 24.2 Å². The van der Waals surface area contributed by atoms with Gasteiger partial charge in [-0.3, -0.25) is 14.5 Å². The maximum Gasteiger partial charge on any atom is 0.323 e. The van der Waals surface area contributed by atoms with Crippen molar-refractivity contribution in [1.82, 2.24) is 9.97 Å². The Morgan fingerprint density at radius 1 is 1.06 bits per heavy atom. The number of pyridine rings is 2. The summed E-state index contributed by atoms with van der Waals surface area (Å²) in [7, 11) is 0. The van der Waals surface area contributed by atoms with E-state index >= 15 is 0 Å². The van der Waals surface area contributed by atoms with Crippen molar-refractivity contribution in [3.05, 3.63) is 77.1 Å². The molecule has 0 atom stereocenters. The average molecular weight is 459 g/mol. The fourth-order valence-electron chi connectivity index (χ4n) is 3.07. The smallest absolute Gasteiger partial charge is 0.323 e. The normalized spacial score (nSPS) is 10.3. The highest BCUT2D eigenvalue weighted by Crippen LogP contribution is 2.28. The van der Waals surface area contributed by atoms with Gasteiger partial charge in [0.15, 0.2) is 0 Å². The maximum absolute atomic E-state index is 13.4. The maximum atomic E-state index is 13.4. The molecule has 1 aromatic carbocycles. The van der Waals surface area contributed by atoms with Crippen LogP contribution in [0.4, 0.5) is 11.5 Å². The third-order valence-corrected chi connectivity index (χ3v) is 5.36. The second kappa shape index (κ2) is 10.8. The number of aryl methyl sites for hydroxylation is 2. The molecule has 0 saturated carbocycles. The number of nitrogens with two attached hydrogens (primary N) is 1. The van der Waals surface area contributed by atoms with Crippen LogP contribution in [0.1, 0.15) is 27.0 Å². The molecule has 7 nitrogen and oxygen atoms in total. The number of nitrogens with zero attached hydrogens (tertiary/aromatic N) is 3. The van der Waals surface area contributed by atoms with E-state index in [1.807, 2.05) is 26.0 Å². The first-order chi connectivity index (χ1) is 14.3. The number of benzene rings is 1. The van der Waals surface area contributed by atoms with E-state index in [1.165, 1.54) is 16.7 Å². The van der Waals surface area contributed by atoms with Gasteiger partial charge in [-0.25, -0.2) is 9.97 Å². The van der Waals surface area contributed by atoms with E-state index in [1.54, 1.807) is 42.7 Å². The molecule has 3 N–H and O–H groups in total. The number of halogens is 1. The highest BCUT2D eigenvalue weighted by atomic mass is 35.5. The van der Waals surface area contributed by atoms with Crippen molar-refractivity contribution in [1.29, 1.82) is 0 Å². The Morgan fingerprint density at radius 3 is 2.42 bits per heavy atom. The van der Waals surface area contributed by atoms with Crippen molar-refractivity contribution in [3.8, 4) is 0 Å². The van der Waals surface area contributed by atoms with E-state index in [0.29, 0.717) is 27.8 Å². The first-order valence-corrected chi connectivity index (χ1v) is 10.2. The van der Waals surface area contributed by atoms with Crippen LogP contribution in [0.3, 0.4) is 0 Å². The Bertz CT molecular complexity index is 1070. The van der Waals surface area contributed by atoms with Crippen LogP contribution in [0.15, 0.2) is 59.9 Å². The lowest BCUT2D eigenvalue weighted by atomic mass is 10.1. The molecule has 2 heterocycles. The second-order valence-electron chi connectivity index (χ2n) is 6.86. The molecule has 0 aliphatic heterocycles. The topological polar surface area (TPSA) is 109 Å². The summed E-state index contributed by atoms with van der Waals surface area (Å²) in [6, 6.07) is 12.5. The third kappa shape index (κ3) is 6.44. The van der Waals surface area contributed by atoms with Crippen LogP contribution in [0.5, 0.6) is 0 Å². The van der Waals surface area contributed by atoms with E-state index in [0.717, 1.165) is 16.7 Å². The van der Waals surface area contributed by atoms with Crippen LogP contribution in [0.2, 0.25) is 0 Å². The number of rotatable bonds is 7. The predicted molar refractivity (Wildman–Crippen MR) is 125 cm³/mol. The van der Waals surface area contributed by atoms with E-state index in [9.17, 15) is 14.7 Å². The number of hydrogen-bond donors (Lipinski definition) is 2. The van der Waals surface area contributed by atoms with Gasteiger partial charge < -0.3 is 10.8 Å². The molecule has 0 saturated heterocycles. The minimum Gasteiger partial charge on any atom is -0.480 e. The minimum absolute atomic E-state index is 0. The van der Waals surface area contributed by atoms with Crippen molar-refractivity contribution in [3.63, 3.8) is 0 Å². The van der Waals surface area contributed by atoms with Crippen LogP contribution in [-0.2, 0) is 10.5 Å². The number of aliphatic carboxylic acids is 1. The molecule has 0 fully saturated rings. The zero-order valence-corrected chi connectivity index (χ0v) is 18.7. The van der Waals surface area contributed by atoms with Crippen LogP contribution in [0, 0.1) is 13.8 Å². The lowest BCUT2D eigenvalue weighted by Crippen LogP contribution is -2.36. The molecule has 0 aliphatic carbocycles. The van der Waals surface area contributed by atoms with Crippen LogP contribution < -0.4 is 10.6 Å². The lowest BCUT2D eigenvalue weighted by Gasteiger charge is -2.23. The first-order valence-electron chi connectivity index (χ1n) is 9.23. The molecule has 0 bridgehead atoms. The van der Waals surface area contributed by atoms with Gasteiger partial charge in [-0.05, 0) is 66.9 Å². The van der Waals surface area contributed by atoms with E-state index in [2.05, 4.69) is 9.97 Å². The average Bonchev–Trinajstić information content (AvgIpc) is 2.69. The van der Waals surface area contributed by atoms with Crippen molar-refractivity contribution in [2.75, 3.05) is 17.2 Å². The number of carboxylic acid groups (broad SMARTS) is 1. The van der Waals surface area contributed by atoms with Gasteiger partial charge >= 0.3 is 5.97 Å². The number of thioether (sulfide) groups is 1. The molecule has 3 aromatic rings. The number of carbonyl (C=O) groups is 2. The number of hydrogen-bond acceptors (Lipinski definition) is 6. The number of carbonyl (C=O) groups excluding carboxylic acids is 1. The number of nitrogen functional groups attached to an aromatic ring is 1. The van der Waals surface area contributed by atoms with Crippen molar-refractivity contribution >= 4 is 47.6 Å². The molecular formula is C22H23ClN4O3S. The second-order valence-corrected chi connectivity index (χ2v) is 7.83. The van der Waals surface area contributed by atoms with Crippen molar-refractivity contribution < 1.29 is 14.7 Å². The Kier molecular flexibility index (Phi) is 8.41. The molecular weight excluding hydrogens is 436 g/mol. The quantitative estimate of drug-likeness (QED) is 0.512. The number of aromatic nitrogens is 2. The molecule has 9 heteroatoms. The molecule has 3 rings (SSSR count). The van der Waals surface area contributed by atoms with Crippen molar-refractivity contribution in [2.24, 2.45) is 0 Å². The largest absolute Gasteiger partial charge is 0.480 e. The van der Waals surface area contributed by atoms with Gasteiger partial charge in [0, 0.05) is 23.8 Å². The zero-order chi connectivity index (χ0) is 21.7. The van der Waals surface area contributed by atoms with Crippen molar-refractivity contribution in [2.45, 2.75) is 24.6 Å². The Labute approximate surface area is 191 Å². The standard InChI is InChI=1S/C22H22N4O3S.ClH/c1-14-8-15(2)10-17(9-14)26(12-20(27)28)22(29)18-4-3-6-25-21(18)30-13-16-5-7-24-19(23)11-16;/h3-11H,12-13H2,1-2H3,(H2,23,24)(H,27,28);1H. The monoisotopic (exact) mass is 458 g/mol. The summed E-state index contributed by atoms with van der Waals surface area (Å²) in [6.07, 6.45) is 3.24. The van der Waals surface area contributed by atoms with Gasteiger partial charge in [0.1, 0.15) is 17.4 Å². The van der Waals surface area contributed by atoms with Crippen LogP contribution in [0.25, 0.3) is 0 Å². The molecule has 162 valence electrons. The molecule has 2 aromatic heterocycles. The van der Waals surface area contributed by atoms with Crippen LogP contribution in [-0.4, -0.2) is 33.5 Å². The third-order valence-electron chi connectivity index (χ3n) is 4.28. The van der Waals surface area contributed by atoms with E-state index in [4.69, 9.17) is 5.73 Å². The first kappa shape index (κ1) is 24.2. The summed E-state index contributed by atoms with van der Waals surface area (Å²) < 4.78 is 0. The highest BCUT2D eigenvalue weighted by Gasteiger charge is 2.24. The summed E-state index contributed by atoms with van der Waals surface area (Å²) in [4.78, 5) is 34.4. The molecule has 0 spiro atoms. The van der Waals surface area contributed by atoms with Gasteiger partial charge in [0.05, 0.1) is 5.56 Å². The van der Waals surface area contributed by atoms with Gasteiger partial charge in [0.25, 0.3) is 5.91 Å². The SMILES string of the molecule is Cc1cc(C)cc(N(CC(=O)O)C(=O)c2cccnc2SCc2ccnc(N)c2)c1.Cl. The number of anilines is 2.